The van der Waals surface area contributed by atoms with Crippen LogP contribution in [0.5, 0.6) is 0 Å². The fraction of sp³-hybridized carbons (Fsp3) is 0.333. The molecule has 0 fully saturated rings. The minimum absolute atomic E-state index is 0.506. The average Bonchev–Trinajstić information content (AvgIpc) is 2.53. The largest absolute Gasteiger partial charge is 0.314 e. The molecule has 2 rings (SSSR count). The molecule has 22 heavy (non-hydrogen) atoms. The molecule has 1 atom stereocenters. The van der Waals surface area contributed by atoms with E-state index in [1.54, 1.807) is 0 Å². The average molecular weight is 291 g/mol. The van der Waals surface area contributed by atoms with Crippen molar-refractivity contribution < 1.29 is 0 Å². The molecular formula is C21H25N. The zero-order chi connectivity index (χ0) is 15.6. The molecule has 0 spiro atoms. The molecule has 0 aliphatic carbocycles. The molecular weight excluding hydrogens is 266 g/mol. The number of aryl methyl sites for hydroxylation is 1. The molecule has 2 aromatic carbocycles. The van der Waals surface area contributed by atoms with Crippen molar-refractivity contribution in [2.75, 3.05) is 6.54 Å². The van der Waals surface area contributed by atoms with Crippen molar-refractivity contribution in [1.29, 1.82) is 0 Å². The molecule has 0 saturated carbocycles. The van der Waals surface area contributed by atoms with Gasteiger partial charge in [0.15, 0.2) is 0 Å². The molecule has 1 N–H and O–H groups in total. The summed E-state index contributed by atoms with van der Waals surface area (Å²) in [5.74, 6) is 6.54. The molecule has 0 bridgehead atoms. The summed E-state index contributed by atoms with van der Waals surface area (Å²) in [5.41, 5.74) is 3.79. The quantitative estimate of drug-likeness (QED) is 0.616. The van der Waals surface area contributed by atoms with Gasteiger partial charge in [0.25, 0.3) is 0 Å². The highest BCUT2D eigenvalue weighted by molar-refractivity contribution is 5.40. The van der Waals surface area contributed by atoms with Gasteiger partial charge in [0.2, 0.25) is 0 Å². The van der Waals surface area contributed by atoms with Crippen LogP contribution in [0.15, 0.2) is 54.6 Å². The molecule has 1 unspecified atom stereocenters. The van der Waals surface area contributed by atoms with Crippen LogP contribution in [0.1, 0.15) is 36.5 Å². The molecule has 114 valence electrons. The summed E-state index contributed by atoms with van der Waals surface area (Å²) in [6.07, 6.45) is 3.12. The SMILES string of the molecule is Cc1ccccc1C#CCCCNC(C)Cc1ccccc1. The zero-order valence-corrected chi connectivity index (χ0v) is 13.6. The summed E-state index contributed by atoms with van der Waals surface area (Å²) in [5, 5.41) is 3.57. The smallest absolute Gasteiger partial charge is 0.0274 e. The van der Waals surface area contributed by atoms with Crippen molar-refractivity contribution in [3.8, 4) is 11.8 Å². The third-order valence-corrected chi connectivity index (χ3v) is 3.72. The van der Waals surface area contributed by atoms with Gasteiger partial charge in [0, 0.05) is 18.0 Å². The number of hydrogen-bond donors (Lipinski definition) is 1. The van der Waals surface area contributed by atoms with E-state index in [0.717, 1.165) is 31.4 Å². The van der Waals surface area contributed by atoms with Crippen LogP contribution in [0.3, 0.4) is 0 Å². The first kappa shape index (κ1) is 16.3. The Morgan fingerprint density at radius 1 is 1.00 bits per heavy atom. The van der Waals surface area contributed by atoms with Gasteiger partial charge >= 0.3 is 0 Å². The van der Waals surface area contributed by atoms with E-state index < -0.39 is 0 Å². The lowest BCUT2D eigenvalue weighted by Gasteiger charge is -2.13. The number of unbranched alkanes of at least 4 members (excludes halogenated alkanes) is 1. The second-order valence-corrected chi connectivity index (χ2v) is 5.77. The fourth-order valence-electron chi connectivity index (χ4n) is 2.44. The molecule has 0 aliphatic rings. The Morgan fingerprint density at radius 2 is 1.73 bits per heavy atom. The van der Waals surface area contributed by atoms with E-state index in [1.807, 2.05) is 6.07 Å². The van der Waals surface area contributed by atoms with Gasteiger partial charge in [0.1, 0.15) is 0 Å². The third-order valence-electron chi connectivity index (χ3n) is 3.72. The first-order valence-electron chi connectivity index (χ1n) is 8.07. The van der Waals surface area contributed by atoms with Crippen molar-refractivity contribution in [3.05, 3.63) is 71.3 Å². The van der Waals surface area contributed by atoms with Crippen LogP contribution >= 0.6 is 0 Å². The van der Waals surface area contributed by atoms with E-state index in [-0.39, 0.29) is 0 Å². The molecule has 1 heteroatoms. The van der Waals surface area contributed by atoms with Crippen molar-refractivity contribution in [2.45, 2.75) is 39.2 Å². The maximum absolute atomic E-state index is 3.57. The number of rotatable bonds is 6. The topological polar surface area (TPSA) is 12.0 Å². The van der Waals surface area contributed by atoms with E-state index in [4.69, 9.17) is 0 Å². The van der Waals surface area contributed by atoms with Gasteiger partial charge in [-0.25, -0.2) is 0 Å². The van der Waals surface area contributed by atoms with Crippen molar-refractivity contribution in [3.63, 3.8) is 0 Å². The summed E-state index contributed by atoms with van der Waals surface area (Å²) < 4.78 is 0. The Balaban J connectivity index is 1.64. The normalized spacial score (nSPS) is 11.5. The summed E-state index contributed by atoms with van der Waals surface area (Å²) >= 11 is 0. The highest BCUT2D eigenvalue weighted by Gasteiger charge is 2.01. The fourth-order valence-corrected chi connectivity index (χ4v) is 2.44. The molecule has 0 radical (unpaired) electrons. The summed E-state index contributed by atoms with van der Waals surface area (Å²) in [7, 11) is 0. The van der Waals surface area contributed by atoms with Gasteiger partial charge in [-0.1, -0.05) is 60.4 Å². The Morgan fingerprint density at radius 3 is 2.50 bits per heavy atom. The third kappa shape index (κ3) is 5.76. The van der Waals surface area contributed by atoms with Crippen LogP contribution < -0.4 is 5.32 Å². The lowest BCUT2D eigenvalue weighted by atomic mass is 10.1. The summed E-state index contributed by atoms with van der Waals surface area (Å²) in [6.45, 7) is 5.37. The molecule has 0 aliphatic heterocycles. The Hall–Kier alpha value is -2.04. The van der Waals surface area contributed by atoms with Crippen LogP contribution in [0.4, 0.5) is 0 Å². The van der Waals surface area contributed by atoms with Gasteiger partial charge in [-0.15, -0.1) is 0 Å². The lowest BCUT2D eigenvalue weighted by molar-refractivity contribution is 0.537. The van der Waals surface area contributed by atoms with Crippen LogP contribution in [-0.2, 0) is 6.42 Å². The van der Waals surface area contributed by atoms with E-state index in [2.05, 4.69) is 79.5 Å². The Bertz CT molecular complexity index is 619. The molecule has 2 aromatic rings. The monoisotopic (exact) mass is 291 g/mol. The van der Waals surface area contributed by atoms with Gasteiger partial charge in [-0.2, -0.15) is 0 Å². The molecule has 0 amide bonds. The molecule has 0 saturated heterocycles. The predicted molar refractivity (Wildman–Crippen MR) is 94.9 cm³/mol. The maximum atomic E-state index is 3.57. The minimum atomic E-state index is 0.506. The van der Waals surface area contributed by atoms with Crippen LogP contribution in [0.25, 0.3) is 0 Å². The Labute approximate surface area is 134 Å². The second kappa shape index (κ2) is 9.07. The zero-order valence-electron chi connectivity index (χ0n) is 13.6. The van der Waals surface area contributed by atoms with Crippen LogP contribution in [-0.4, -0.2) is 12.6 Å². The van der Waals surface area contributed by atoms with Gasteiger partial charge < -0.3 is 5.32 Å². The standard InChI is InChI=1S/C21H25N/c1-18-11-8-9-15-21(18)14-7-4-10-16-22-19(2)17-20-12-5-3-6-13-20/h3,5-6,8-9,11-13,15,19,22H,4,10,16-17H2,1-2H3. The second-order valence-electron chi connectivity index (χ2n) is 5.77. The van der Waals surface area contributed by atoms with E-state index in [9.17, 15) is 0 Å². The first-order valence-corrected chi connectivity index (χ1v) is 8.07. The Kier molecular flexibility index (Phi) is 6.74. The van der Waals surface area contributed by atoms with Crippen molar-refractivity contribution in [2.24, 2.45) is 0 Å². The van der Waals surface area contributed by atoms with Crippen LogP contribution in [0, 0.1) is 18.8 Å². The van der Waals surface area contributed by atoms with Crippen LogP contribution in [0.2, 0.25) is 0 Å². The molecule has 0 heterocycles. The summed E-state index contributed by atoms with van der Waals surface area (Å²) in [6, 6.07) is 19.4. The van der Waals surface area contributed by atoms with Crippen molar-refractivity contribution >= 4 is 0 Å². The predicted octanol–water partition coefficient (Wildman–Crippen LogP) is 4.35. The number of nitrogens with one attached hydrogen (secondary N) is 1. The maximum Gasteiger partial charge on any atom is 0.0274 e. The van der Waals surface area contributed by atoms with E-state index in [0.29, 0.717) is 6.04 Å². The number of hydrogen-bond acceptors (Lipinski definition) is 1. The van der Waals surface area contributed by atoms with Gasteiger partial charge in [0.05, 0.1) is 0 Å². The summed E-state index contributed by atoms with van der Waals surface area (Å²) in [4.78, 5) is 0. The lowest BCUT2D eigenvalue weighted by Crippen LogP contribution is -2.28. The van der Waals surface area contributed by atoms with E-state index >= 15 is 0 Å². The van der Waals surface area contributed by atoms with E-state index in [1.165, 1.54) is 11.1 Å². The van der Waals surface area contributed by atoms with Crippen molar-refractivity contribution in [1.82, 2.24) is 5.32 Å². The molecule has 0 aromatic heterocycles. The highest BCUT2D eigenvalue weighted by atomic mass is 14.9. The first-order chi connectivity index (χ1) is 10.8. The minimum Gasteiger partial charge on any atom is -0.314 e. The van der Waals surface area contributed by atoms with Gasteiger partial charge in [-0.05, 0) is 50.4 Å². The highest BCUT2D eigenvalue weighted by Crippen LogP contribution is 2.05. The number of benzene rings is 2. The van der Waals surface area contributed by atoms with Gasteiger partial charge in [-0.3, -0.25) is 0 Å². The molecule has 1 nitrogen and oxygen atoms in total.